The summed E-state index contributed by atoms with van der Waals surface area (Å²) in [6.45, 7) is 4.08. The molecule has 1 heterocycles. The van der Waals surface area contributed by atoms with Crippen molar-refractivity contribution < 1.29 is 9.84 Å². The van der Waals surface area contributed by atoms with Crippen molar-refractivity contribution in [3.63, 3.8) is 0 Å². The molecule has 1 atom stereocenters. The number of methoxy groups -OCH3 is 1. The second kappa shape index (κ2) is 6.77. The van der Waals surface area contributed by atoms with Crippen LogP contribution in [0, 0.1) is 0 Å². The largest absolute Gasteiger partial charge is 0.385 e. The Hall–Kier alpha value is -1.43. The second-order valence-corrected chi connectivity index (χ2v) is 6.40. The maximum absolute atomic E-state index is 11.2. The summed E-state index contributed by atoms with van der Waals surface area (Å²) in [4.78, 5) is 3.93. The van der Waals surface area contributed by atoms with Crippen molar-refractivity contribution in [2.75, 3.05) is 7.11 Å². The number of aromatic nitrogens is 3. The molecule has 22 heavy (non-hydrogen) atoms. The fourth-order valence-electron chi connectivity index (χ4n) is 2.35. The first kappa shape index (κ1) is 16.9. The third-order valence-corrected chi connectivity index (χ3v) is 4.51. The Bertz CT molecular complexity index is 584. The fourth-order valence-corrected chi connectivity index (χ4v) is 2.47. The van der Waals surface area contributed by atoms with Gasteiger partial charge in [-0.25, -0.2) is 9.67 Å². The zero-order chi connectivity index (χ0) is 16.2. The van der Waals surface area contributed by atoms with Gasteiger partial charge in [0.1, 0.15) is 18.3 Å². The summed E-state index contributed by atoms with van der Waals surface area (Å²) >= 11 is 5.90. The number of aryl methyl sites for hydroxylation is 1. The highest BCUT2D eigenvalue weighted by molar-refractivity contribution is 6.30. The van der Waals surface area contributed by atoms with Crippen molar-refractivity contribution >= 4 is 11.6 Å². The molecule has 1 N–H and O–H groups in total. The number of benzene rings is 1. The van der Waals surface area contributed by atoms with Crippen LogP contribution < -0.4 is 0 Å². The molecule has 1 aromatic carbocycles. The molecule has 120 valence electrons. The highest BCUT2D eigenvalue weighted by atomic mass is 35.5. The van der Waals surface area contributed by atoms with E-state index >= 15 is 0 Å². The van der Waals surface area contributed by atoms with Gasteiger partial charge in [-0.2, -0.15) is 5.10 Å². The molecule has 1 aromatic heterocycles. The van der Waals surface area contributed by atoms with Gasteiger partial charge in [0.15, 0.2) is 0 Å². The van der Waals surface area contributed by atoms with Crippen LogP contribution in [-0.2, 0) is 17.7 Å². The highest BCUT2D eigenvalue weighted by Crippen LogP contribution is 2.31. The molecule has 2 aromatic rings. The minimum absolute atomic E-state index is 0.321. The molecule has 0 fully saturated rings. The highest BCUT2D eigenvalue weighted by Gasteiger charge is 2.44. The Morgan fingerprint density at radius 1 is 1.27 bits per heavy atom. The molecule has 0 bridgehead atoms. The summed E-state index contributed by atoms with van der Waals surface area (Å²) < 4.78 is 7.15. The van der Waals surface area contributed by atoms with Gasteiger partial charge in [-0.1, -0.05) is 23.7 Å². The Kier molecular flexibility index (Phi) is 5.21. The normalized spacial score (nSPS) is 14.8. The van der Waals surface area contributed by atoms with E-state index in [4.69, 9.17) is 16.3 Å². The molecule has 5 nitrogen and oxygen atoms in total. The van der Waals surface area contributed by atoms with Crippen LogP contribution in [0.2, 0.25) is 5.02 Å². The first-order valence-electron chi connectivity index (χ1n) is 7.21. The van der Waals surface area contributed by atoms with E-state index in [-0.39, 0.29) is 0 Å². The van der Waals surface area contributed by atoms with Crippen LogP contribution in [0.15, 0.2) is 36.9 Å². The molecular weight excluding hydrogens is 302 g/mol. The van der Waals surface area contributed by atoms with Crippen molar-refractivity contribution in [3.8, 4) is 0 Å². The maximum Gasteiger partial charge on any atom is 0.137 e. The molecule has 0 aliphatic rings. The van der Waals surface area contributed by atoms with Gasteiger partial charge >= 0.3 is 0 Å². The quantitative estimate of drug-likeness (QED) is 0.851. The summed E-state index contributed by atoms with van der Waals surface area (Å²) in [5.74, 6) is 0. The van der Waals surface area contributed by atoms with Crippen LogP contribution in [0.1, 0.15) is 25.8 Å². The van der Waals surface area contributed by atoms with Crippen molar-refractivity contribution in [2.45, 2.75) is 44.4 Å². The third-order valence-electron chi connectivity index (χ3n) is 4.26. The number of ether oxygens (including phenoxy) is 1. The lowest BCUT2D eigenvalue weighted by Crippen LogP contribution is -2.54. The van der Waals surface area contributed by atoms with Crippen LogP contribution in [-0.4, -0.2) is 38.2 Å². The van der Waals surface area contributed by atoms with Gasteiger partial charge in [-0.15, -0.1) is 0 Å². The Morgan fingerprint density at radius 3 is 2.50 bits per heavy atom. The minimum atomic E-state index is -1.07. The van der Waals surface area contributed by atoms with Gasteiger partial charge in [0.25, 0.3) is 0 Å². The number of halogens is 1. The molecule has 0 aliphatic carbocycles. The molecule has 0 saturated heterocycles. The first-order valence-corrected chi connectivity index (χ1v) is 7.58. The average molecular weight is 324 g/mol. The van der Waals surface area contributed by atoms with Gasteiger partial charge in [0.05, 0.1) is 12.1 Å². The van der Waals surface area contributed by atoms with Crippen LogP contribution in [0.5, 0.6) is 0 Å². The molecule has 0 amide bonds. The molecule has 0 spiro atoms. The lowest BCUT2D eigenvalue weighted by Gasteiger charge is -2.41. The van der Waals surface area contributed by atoms with Crippen LogP contribution in [0.3, 0.4) is 0 Å². The second-order valence-electron chi connectivity index (χ2n) is 5.97. The molecule has 2 rings (SSSR count). The zero-order valence-electron chi connectivity index (χ0n) is 13.2. The number of hydrogen-bond donors (Lipinski definition) is 1. The van der Waals surface area contributed by atoms with Gasteiger partial charge < -0.3 is 9.84 Å². The topological polar surface area (TPSA) is 60.2 Å². The van der Waals surface area contributed by atoms with Gasteiger partial charge in [-0.3, -0.25) is 0 Å². The van der Waals surface area contributed by atoms with Crippen molar-refractivity contribution in [3.05, 3.63) is 47.5 Å². The van der Waals surface area contributed by atoms with Crippen molar-refractivity contribution in [2.24, 2.45) is 0 Å². The summed E-state index contributed by atoms with van der Waals surface area (Å²) in [5, 5.41) is 16.0. The van der Waals surface area contributed by atoms with Gasteiger partial charge in [0.2, 0.25) is 0 Å². The van der Waals surface area contributed by atoms with Crippen LogP contribution in [0.25, 0.3) is 0 Å². The summed E-state index contributed by atoms with van der Waals surface area (Å²) in [6.07, 6.45) is 4.31. The fraction of sp³-hybridized carbons (Fsp3) is 0.500. The van der Waals surface area contributed by atoms with E-state index in [2.05, 4.69) is 10.1 Å². The predicted molar refractivity (Wildman–Crippen MR) is 85.8 cm³/mol. The summed E-state index contributed by atoms with van der Waals surface area (Å²) in [7, 11) is 1.61. The molecular formula is C16H22ClN3O2. The van der Waals surface area contributed by atoms with E-state index in [9.17, 15) is 5.11 Å². The molecule has 6 heteroatoms. The SMILES string of the molecule is COC(C)(C)C(O)(CCc1ccc(Cl)cc1)Cn1cncn1. The summed E-state index contributed by atoms with van der Waals surface area (Å²) in [5.41, 5.74) is -0.672. The van der Waals surface area contributed by atoms with Gasteiger partial charge in [0, 0.05) is 12.1 Å². The Labute approximate surface area is 135 Å². The monoisotopic (exact) mass is 323 g/mol. The average Bonchev–Trinajstić information content (AvgIpc) is 2.99. The van der Waals surface area contributed by atoms with E-state index < -0.39 is 11.2 Å². The molecule has 0 radical (unpaired) electrons. The Balaban J connectivity index is 2.15. The van der Waals surface area contributed by atoms with Crippen LogP contribution >= 0.6 is 11.6 Å². The molecule has 0 aliphatic heterocycles. The van der Waals surface area contributed by atoms with E-state index in [0.29, 0.717) is 18.0 Å². The standard InChI is InChI=1S/C16H22ClN3O2/c1-15(2,22-3)16(21,10-20-12-18-11-19-20)9-8-13-4-6-14(17)7-5-13/h4-7,11-12,21H,8-10H2,1-3H3. The first-order chi connectivity index (χ1) is 10.4. The zero-order valence-corrected chi connectivity index (χ0v) is 13.9. The number of rotatable bonds is 7. The van der Waals surface area contributed by atoms with Crippen molar-refractivity contribution in [1.29, 1.82) is 0 Å². The smallest absolute Gasteiger partial charge is 0.137 e. The van der Waals surface area contributed by atoms with Crippen LogP contribution in [0.4, 0.5) is 0 Å². The van der Waals surface area contributed by atoms with E-state index in [1.807, 2.05) is 38.1 Å². The number of aliphatic hydroxyl groups is 1. The summed E-state index contributed by atoms with van der Waals surface area (Å²) in [6, 6.07) is 7.65. The lowest BCUT2D eigenvalue weighted by atomic mass is 9.80. The lowest BCUT2D eigenvalue weighted by molar-refractivity contribution is -0.162. The molecule has 1 unspecified atom stereocenters. The minimum Gasteiger partial charge on any atom is -0.385 e. The van der Waals surface area contributed by atoms with E-state index in [1.165, 1.54) is 6.33 Å². The van der Waals surface area contributed by atoms with E-state index in [0.717, 1.165) is 12.0 Å². The number of hydrogen-bond acceptors (Lipinski definition) is 4. The van der Waals surface area contributed by atoms with Gasteiger partial charge in [-0.05, 0) is 44.4 Å². The maximum atomic E-state index is 11.2. The third kappa shape index (κ3) is 3.85. The van der Waals surface area contributed by atoms with E-state index in [1.54, 1.807) is 18.1 Å². The predicted octanol–water partition coefficient (Wildman–Crippen LogP) is 2.72. The Morgan fingerprint density at radius 2 is 1.95 bits per heavy atom. The number of nitrogens with zero attached hydrogens (tertiary/aromatic N) is 3. The van der Waals surface area contributed by atoms with Crippen molar-refractivity contribution in [1.82, 2.24) is 14.8 Å². The molecule has 0 saturated carbocycles.